The zero-order chi connectivity index (χ0) is 24.1. The molecule has 1 aromatic carbocycles. The van der Waals surface area contributed by atoms with Gasteiger partial charge < -0.3 is 10.2 Å². The molecule has 2 saturated heterocycles. The first-order valence-electron chi connectivity index (χ1n) is 12.1. The summed E-state index contributed by atoms with van der Waals surface area (Å²) >= 11 is 1.11. The Bertz CT molecular complexity index is 1100. The lowest BCUT2D eigenvalue weighted by atomic mass is 9.97. The third-order valence-corrected chi connectivity index (χ3v) is 10.0. The molecule has 0 atom stereocenters. The van der Waals surface area contributed by atoms with Crippen LogP contribution in [0.15, 0.2) is 39.9 Å². The lowest BCUT2D eigenvalue weighted by Gasteiger charge is -2.30. The Labute approximate surface area is 206 Å². The van der Waals surface area contributed by atoms with Crippen LogP contribution in [-0.2, 0) is 21.4 Å². The van der Waals surface area contributed by atoms with Gasteiger partial charge in [-0.15, -0.1) is 11.3 Å². The molecule has 2 amide bonds. The van der Waals surface area contributed by atoms with Crippen molar-refractivity contribution in [3.8, 4) is 0 Å². The minimum atomic E-state index is -3.67. The van der Waals surface area contributed by atoms with Crippen molar-refractivity contribution in [1.29, 1.82) is 0 Å². The highest BCUT2D eigenvalue weighted by molar-refractivity contribution is 7.91. The summed E-state index contributed by atoms with van der Waals surface area (Å²) in [6, 6.07) is 9.55. The van der Waals surface area contributed by atoms with E-state index in [4.69, 9.17) is 0 Å². The number of aryl methyl sites for hydroxylation is 1. The molecule has 0 radical (unpaired) electrons. The molecule has 0 unspecified atom stereocenters. The van der Waals surface area contributed by atoms with E-state index in [1.54, 1.807) is 5.38 Å². The molecule has 34 heavy (non-hydrogen) atoms. The zero-order valence-electron chi connectivity index (χ0n) is 19.7. The Balaban J connectivity index is 1.31. The Morgan fingerprint density at radius 3 is 2.29 bits per heavy atom. The van der Waals surface area contributed by atoms with Crippen molar-refractivity contribution in [3.05, 3.63) is 52.4 Å². The first-order valence-corrected chi connectivity index (χ1v) is 14.4. The number of amides is 2. The summed E-state index contributed by atoms with van der Waals surface area (Å²) in [5.74, 6) is -0.303. The first kappa shape index (κ1) is 24.9. The number of nitrogens with one attached hydrogen (secondary N) is 1. The second-order valence-electron chi connectivity index (χ2n) is 9.24. The molecule has 0 aliphatic carbocycles. The van der Waals surface area contributed by atoms with Crippen LogP contribution in [0.5, 0.6) is 0 Å². The zero-order valence-corrected chi connectivity index (χ0v) is 21.3. The molecule has 2 fully saturated rings. The molecule has 184 valence electrons. The number of carbonyl (C=O) groups is 2. The van der Waals surface area contributed by atoms with Gasteiger partial charge in [0.1, 0.15) is 4.21 Å². The number of nitrogens with zero attached hydrogens (tertiary/aromatic N) is 2. The Kier molecular flexibility index (Phi) is 8.06. The SMILES string of the molecule is Cc1ccc(CNC(=O)C2CCN(S(=O)(=O)c3cc(C(=O)N4CCCCCC4)cs3)CC2)cc1. The molecular weight excluding hydrogens is 470 g/mol. The van der Waals surface area contributed by atoms with Crippen molar-refractivity contribution in [3.63, 3.8) is 0 Å². The van der Waals surface area contributed by atoms with Gasteiger partial charge in [-0.1, -0.05) is 42.7 Å². The molecule has 3 heterocycles. The molecule has 0 spiro atoms. The maximum atomic E-state index is 13.2. The Hall–Kier alpha value is -2.23. The molecular formula is C25H33N3O4S2. The van der Waals surface area contributed by atoms with Gasteiger partial charge in [0, 0.05) is 44.0 Å². The summed E-state index contributed by atoms with van der Waals surface area (Å²) in [7, 11) is -3.67. The van der Waals surface area contributed by atoms with E-state index in [2.05, 4.69) is 5.32 Å². The van der Waals surface area contributed by atoms with Crippen molar-refractivity contribution < 1.29 is 18.0 Å². The number of hydrogen-bond donors (Lipinski definition) is 1. The molecule has 1 N–H and O–H groups in total. The Morgan fingerprint density at radius 2 is 1.65 bits per heavy atom. The van der Waals surface area contributed by atoms with Crippen LogP contribution in [-0.4, -0.2) is 55.6 Å². The van der Waals surface area contributed by atoms with Gasteiger partial charge in [0.05, 0.1) is 5.56 Å². The summed E-state index contributed by atoms with van der Waals surface area (Å²) < 4.78 is 28.0. The van der Waals surface area contributed by atoms with Crippen LogP contribution in [0.3, 0.4) is 0 Å². The van der Waals surface area contributed by atoms with Crippen molar-refractivity contribution in [2.24, 2.45) is 5.92 Å². The quantitative estimate of drug-likeness (QED) is 0.650. The highest BCUT2D eigenvalue weighted by Crippen LogP contribution is 2.29. The van der Waals surface area contributed by atoms with Crippen LogP contribution in [0.1, 0.15) is 60.0 Å². The maximum Gasteiger partial charge on any atom is 0.254 e. The lowest BCUT2D eigenvalue weighted by molar-refractivity contribution is -0.126. The van der Waals surface area contributed by atoms with Crippen LogP contribution >= 0.6 is 11.3 Å². The van der Waals surface area contributed by atoms with E-state index in [1.807, 2.05) is 36.1 Å². The van der Waals surface area contributed by atoms with Crippen molar-refractivity contribution in [2.45, 2.75) is 56.2 Å². The van der Waals surface area contributed by atoms with Gasteiger partial charge in [-0.3, -0.25) is 9.59 Å². The predicted octanol–water partition coefficient (Wildman–Crippen LogP) is 3.79. The van der Waals surface area contributed by atoms with Crippen LogP contribution in [0.25, 0.3) is 0 Å². The van der Waals surface area contributed by atoms with Crippen molar-refractivity contribution >= 4 is 33.2 Å². The summed E-state index contributed by atoms with van der Waals surface area (Å²) in [4.78, 5) is 27.3. The second-order valence-corrected chi connectivity index (χ2v) is 12.3. The van der Waals surface area contributed by atoms with Gasteiger partial charge in [0.15, 0.2) is 0 Å². The number of likely N-dealkylation sites (tertiary alicyclic amines) is 1. The normalized spacial score (nSPS) is 18.4. The van der Waals surface area contributed by atoms with E-state index >= 15 is 0 Å². The lowest BCUT2D eigenvalue weighted by Crippen LogP contribution is -2.42. The smallest absolute Gasteiger partial charge is 0.254 e. The number of hydrogen-bond acceptors (Lipinski definition) is 5. The van der Waals surface area contributed by atoms with Gasteiger partial charge in [0.25, 0.3) is 15.9 Å². The molecule has 1 aromatic heterocycles. The average molecular weight is 504 g/mol. The van der Waals surface area contributed by atoms with Crippen LogP contribution in [0.2, 0.25) is 0 Å². The van der Waals surface area contributed by atoms with Gasteiger partial charge >= 0.3 is 0 Å². The van der Waals surface area contributed by atoms with E-state index in [9.17, 15) is 18.0 Å². The van der Waals surface area contributed by atoms with E-state index < -0.39 is 10.0 Å². The number of piperidine rings is 1. The number of benzene rings is 1. The fraction of sp³-hybridized carbons (Fsp3) is 0.520. The van der Waals surface area contributed by atoms with Gasteiger partial charge in [-0.25, -0.2) is 8.42 Å². The number of carbonyl (C=O) groups excluding carboxylic acids is 2. The fourth-order valence-corrected chi connectivity index (χ4v) is 7.32. The topological polar surface area (TPSA) is 86.8 Å². The first-order chi connectivity index (χ1) is 16.3. The minimum Gasteiger partial charge on any atom is -0.352 e. The molecule has 0 saturated carbocycles. The fourth-order valence-electron chi connectivity index (χ4n) is 4.55. The van der Waals surface area contributed by atoms with Gasteiger partial charge in [-0.05, 0) is 44.2 Å². The Morgan fingerprint density at radius 1 is 1.00 bits per heavy atom. The van der Waals surface area contributed by atoms with Crippen LogP contribution in [0, 0.1) is 12.8 Å². The highest BCUT2D eigenvalue weighted by Gasteiger charge is 2.33. The van der Waals surface area contributed by atoms with Gasteiger partial charge in [-0.2, -0.15) is 4.31 Å². The summed E-state index contributed by atoms with van der Waals surface area (Å²) in [6.45, 7) is 4.57. The molecule has 2 aliphatic heterocycles. The molecule has 7 nitrogen and oxygen atoms in total. The average Bonchev–Trinajstić information content (AvgIpc) is 3.20. The van der Waals surface area contributed by atoms with Crippen LogP contribution < -0.4 is 5.32 Å². The van der Waals surface area contributed by atoms with E-state index in [1.165, 1.54) is 15.9 Å². The molecule has 2 aliphatic rings. The standard InChI is InChI=1S/C25H33N3O4S2/c1-19-6-8-20(9-7-19)17-26-24(29)21-10-14-28(15-11-21)34(31,32)23-16-22(18-33-23)25(30)27-12-4-2-3-5-13-27/h6-9,16,18,21H,2-5,10-15,17H2,1H3,(H,26,29). The minimum absolute atomic E-state index is 0.0286. The third kappa shape index (κ3) is 5.87. The summed E-state index contributed by atoms with van der Waals surface area (Å²) in [5.41, 5.74) is 2.67. The van der Waals surface area contributed by atoms with Gasteiger partial charge in [0.2, 0.25) is 5.91 Å². The largest absolute Gasteiger partial charge is 0.352 e. The summed E-state index contributed by atoms with van der Waals surface area (Å²) in [5, 5.41) is 4.64. The molecule has 2 aromatic rings. The van der Waals surface area contributed by atoms with Crippen LogP contribution in [0.4, 0.5) is 0 Å². The predicted molar refractivity (Wildman–Crippen MR) is 133 cm³/mol. The number of rotatable bonds is 6. The second kappa shape index (κ2) is 11.0. The van der Waals surface area contributed by atoms with Crippen molar-refractivity contribution in [2.75, 3.05) is 26.2 Å². The highest BCUT2D eigenvalue weighted by atomic mass is 32.2. The molecule has 4 rings (SSSR count). The molecule has 9 heteroatoms. The number of thiophene rings is 1. The van der Waals surface area contributed by atoms with Crippen molar-refractivity contribution in [1.82, 2.24) is 14.5 Å². The molecule has 0 bridgehead atoms. The monoisotopic (exact) mass is 503 g/mol. The summed E-state index contributed by atoms with van der Waals surface area (Å²) in [6.07, 6.45) is 5.23. The maximum absolute atomic E-state index is 13.2. The van der Waals surface area contributed by atoms with E-state index in [0.717, 1.165) is 55.7 Å². The van der Waals surface area contributed by atoms with E-state index in [0.29, 0.717) is 38.0 Å². The number of sulfonamides is 1. The third-order valence-electron chi connectivity index (χ3n) is 6.72. The van der Waals surface area contributed by atoms with E-state index in [-0.39, 0.29) is 21.9 Å².